The van der Waals surface area contributed by atoms with Crippen molar-refractivity contribution in [2.75, 3.05) is 12.3 Å². The molecule has 18 heavy (non-hydrogen) atoms. The number of nitrogens with zero attached hydrogens (tertiary/aromatic N) is 1. The van der Waals surface area contributed by atoms with E-state index in [2.05, 4.69) is 0 Å². The Morgan fingerprint density at radius 1 is 1.39 bits per heavy atom. The molecule has 1 N–H and O–H groups in total. The van der Waals surface area contributed by atoms with Gasteiger partial charge in [0.15, 0.2) is 0 Å². The predicted octanol–water partition coefficient (Wildman–Crippen LogP) is 2.37. The molecule has 1 atom stereocenters. The maximum Gasteiger partial charge on any atom is 0.305 e. The van der Waals surface area contributed by atoms with Crippen molar-refractivity contribution in [2.24, 2.45) is 0 Å². The minimum atomic E-state index is -0.860. The first-order valence-electron chi connectivity index (χ1n) is 6.35. The van der Waals surface area contributed by atoms with Crippen LogP contribution in [0.15, 0.2) is 0 Å². The van der Waals surface area contributed by atoms with Crippen LogP contribution in [0.25, 0.3) is 0 Å². The molecule has 0 aromatic rings. The molecule has 1 aliphatic heterocycles. The molecule has 1 unspecified atom stereocenters. The second-order valence-corrected chi connectivity index (χ2v) is 7.55. The van der Waals surface area contributed by atoms with E-state index < -0.39 is 5.97 Å². The van der Waals surface area contributed by atoms with Crippen LogP contribution in [0.2, 0.25) is 0 Å². The first-order chi connectivity index (χ1) is 8.17. The number of carboxylic acids is 1. The monoisotopic (exact) mass is 273 g/mol. The zero-order valence-corrected chi connectivity index (χ0v) is 12.5. The number of aliphatic carboxylic acids is 1. The van der Waals surface area contributed by atoms with Gasteiger partial charge in [-0.2, -0.15) is 0 Å². The third kappa shape index (κ3) is 3.64. The number of hydrogen-bond donors (Lipinski definition) is 1. The second kappa shape index (κ2) is 5.51. The van der Waals surface area contributed by atoms with Crippen molar-refractivity contribution in [2.45, 2.75) is 57.2 Å². The van der Waals surface area contributed by atoms with Gasteiger partial charge in [0, 0.05) is 12.1 Å². The molecule has 1 amide bonds. The van der Waals surface area contributed by atoms with Crippen LogP contribution in [-0.2, 0) is 9.59 Å². The fraction of sp³-hybridized carbons (Fsp3) is 0.846. The molecule has 0 saturated carbocycles. The fourth-order valence-corrected chi connectivity index (χ4v) is 3.44. The van der Waals surface area contributed by atoms with Crippen LogP contribution in [0.3, 0.4) is 0 Å². The largest absolute Gasteiger partial charge is 0.481 e. The number of carbonyl (C=O) groups excluding carboxylic acids is 1. The molecular formula is C13H23NO3S. The molecule has 0 bridgehead atoms. The molecule has 1 fully saturated rings. The Kier molecular flexibility index (Phi) is 4.70. The molecule has 0 aromatic heterocycles. The Morgan fingerprint density at radius 3 is 2.39 bits per heavy atom. The maximum atomic E-state index is 12.6. The molecular weight excluding hydrogens is 250 g/mol. The number of hydrogen-bond acceptors (Lipinski definition) is 3. The molecule has 1 saturated heterocycles. The van der Waals surface area contributed by atoms with Crippen LogP contribution in [0.1, 0.15) is 47.0 Å². The Balaban J connectivity index is 2.82. The first kappa shape index (κ1) is 15.3. The molecule has 1 rings (SSSR count). The van der Waals surface area contributed by atoms with Crippen LogP contribution in [0.5, 0.6) is 0 Å². The van der Waals surface area contributed by atoms with Gasteiger partial charge in [0.1, 0.15) is 0 Å². The van der Waals surface area contributed by atoms with Crippen LogP contribution < -0.4 is 0 Å². The lowest BCUT2D eigenvalue weighted by Gasteiger charge is -2.40. The Morgan fingerprint density at radius 2 is 2.00 bits per heavy atom. The smallest absolute Gasteiger partial charge is 0.305 e. The number of carbonyl (C=O) groups is 2. The summed E-state index contributed by atoms with van der Waals surface area (Å²) in [4.78, 5) is 25.1. The SMILES string of the molecule is CC1(C(=O)N(CCC(=O)O)C(C)(C)C)CCCS1. The van der Waals surface area contributed by atoms with Gasteiger partial charge in [0.2, 0.25) is 5.91 Å². The molecule has 104 valence electrons. The molecule has 0 aromatic carbocycles. The van der Waals surface area contributed by atoms with Crippen molar-refractivity contribution >= 4 is 23.6 Å². The van der Waals surface area contributed by atoms with Gasteiger partial charge in [-0.05, 0) is 46.3 Å². The van der Waals surface area contributed by atoms with Crippen LogP contribution >= 0.6 is 11.8 Å². The average molecular weight is 273 g/mol. The van der Waals surface area contributed by atoms with E-state index >= 15 is 0 Å². The molecule has 1 heterocycles. The highest BCUT2D eigenvalue weighted by molar-refractivity contribution is 8.01. The van der Waals surface area contributed by atoms with E-state index in [0.29, 0.717) is 0 Å². The van der Waals surface area contributed by atoms with E-state index in [4.69, 9.17) is 5.11 Å². The van der Waals surface area contributed by atoms with Crippen molar-refractivity contribution in [3.63, 3.8) is 0 Å². The third-order valence-electron chi connectivity index (χ3n) is 3.28. The second-order valence-electron chi connectivity index (χ2n) is 5.95. The third-order valence-corrected chi connectivity index (χ3v) is 4.78. The predicted molar refractivity (Wildman–Crippen MR) is 73.8 cm³/mol. The Bertz CT molecular complexity index is 330. The van der Waals surface area contributed by atoms with Crippen molar-refractivity contribution in [3.05, 3.63) is 0 Å². The molecule has 4 nitrogen and oxygen atoms in total. The van der Waals surface area contributed by atoms with E-state index in [1.54, 1.807) is 16.7 Å². The minimum Gasteiger partial charge on any atom is -0.481 e. The summed E-state index contributed by atoms with van der Waals surface area (Å²) >= 11 is 1.69. The lowest BCUT2D eigenvalue weighted by Crippen LogP contribution is -2.53. The van der Waals surface area contributed by atoms with E-state index in [-0.39, 0.29) is 29.2 Å². The highest BCUT2D eigenvalue weighted by Crippen LogP contribution is 2.40. The summed E-state index contributed by atoms with van der Waals surface area (Å²) in [6.45, 7) is 8.13. The van der Waals surface area contributed by atoms with Crippen molar-refractivity contribution in [1.82, 2.24) is 4.90 Å². The van der Waals surface area contributed by atoms with Gasteiger partial charge in [-0.25, -0.2) is 0 Å². The Hall–Kier alpha value is -0.710. The Labute approximate surface area is 113 Å². The standard InChI is InChI=1S/C13H23NO3S/c1-12(2,3)14(8-6-10(15)16)11(17)13(4)7-5-9-18-13/h5-9H2,1-4H3,(H,15,16). The summed E-state index contributed by atoms with van der Waals surface area (Å²) in [5.41, 5.74) is -0.335. The summed E-state index contributed by atoms with van der Waals surface area (Å²) in [5, 5.41) is 8.80. The molecule has 0 radical (unpaired) electrons. The molecule has 5 heteroatoms. The highest BCUT2D eigenvalue weighted by Gasteiger charge is 2.42. The zero-order chi connectivity index (χ0) is 14.0. The minimum absolute atomic E-state index is 0.00373. The van der Waals surface area contributed by atoms with Gasteiger partial charge in [-0.15, -0.1) is 11.8 Å². The van der Waals surface area contributed by atoms with Crippen LogP contribution in [0, 0.1) is 0 Å². The summed E-state index contributed by atoms with van der Waals surface area (Å²) in [6, 6.07) is 0. The van der Waals surface area contributed by atoms with Crippen molar-refractivity contribution in [1.29, 1.82) is 0 Å². The van der Waals surface area contributed by atoms with Gasteiger partial charge in [0.05, 0.1) is 11.2 Å². The van der Waals surface area contributed by atoms with Gasteiger partial charge >= 0.3 is 5.97 Å². The van der Waals surface area contributed by atoms with E-state index in [0.717, 1.165) is 18.6 Å². The molecule has 0 spiro atoms. The average Bonchev–Trinajstić information content (AvgIpc) is 2.64. The lowest BCUT2D eigenvalue weighted by atomic mass is 9.98. The number of amides is 1. The van der Waals surface area contributed by atoms with Gasteiger partial charge in [-0.3, -0.25) is 9.59 Å². The van der Waals surface area contributed by atoms with Gasteiger partial charge in [0.25, 0.3) is 0 Å². The summed E-state index contributed by atoms with van der Waals surface area (Å²) < 4.78 is -0.369. The summed E-state index contributed by atoms with van der Waals surface area (Å²) in [6.07, 6.45) is 1.95. The topological polar surface area (TPSA) is 57.6 Å². The first-order valence-corrected chi connectivity index (χ1v) is 7.33. The van der Waals surface area contributed by atoms with Gasteiger partial charge in [-0.1, -0.05) is 0 Å². The van der Waals surface area contributed by atoms with Crippen molar-refractivity contribution < 1.29 is 14.7 Å². The lowest BCUT2D eigenvalue weighted by molar-refractivity contribution is -0.141. The fourth-order valence-electron chi connectivity index (χ4n) is 2.18. The maximum absolute atomic E-state index is 12.6. The highest BCUT2D eigenvalue weighted by atomic mass is 32.2. The summed E-state index contributed by atoms with van der Waals surface area (Å²) in [5.74, 6) is 0.235. The normalized spacial score (nSPS) is 24.0. The summed E-state index contributed by atoms with van der Waals surface area (Å²) in [7, 11) is 0. The van der Waals surface area contributed by atoms with Gasteiger partial charge < -0.3 is 10.0 Å². The van der Waals surface area contributed by atoms with Crippen LogP contribution in [-0.4, -0.2) is 44.5 Å². The van der Waals surface area contributed by atoms with E-state index in [1.165, 1.54) is 0 Å². The quantitative estimate of drug-likeness (QED) is 0.854. The molecule has 1 aliphatic rings. The number of thioether (sulfide) groups is 1. The number of carboxylic acid groups (broad SMARTS) is 1. The van der Waals surface area contributed by atoms with Crippen molar-refractivity contribution in [3.8, 4) is 0 Å². The number of rotatable bonds is 4. The van der Waals surface area contributed by atoms with Crippen LogP contribution in [0.4, 0.5) is 0 Å². The van der Waals surface area contributed by atoms with E-state index in [9.17, 15) is 9.59 Å². The zero-order valence-electron chi connectivity index (χ0n) is 11.7. The van der Waals surface area contributed by atoms with E-state index in [1.807, 2.05) is 27.7 Å². The molecule has 0 aliphatic carbocycles.